The summed E-state index contributed by atoms with van der Waals surface area (Å²) in [6, 6.07) is -2.58. The maximum absolute atomic E-state index is 14.5. The summed E-state index contributed by atoms with van der Waals surface area (Å²) in [5, 5.41) is 63.7. The number of hydrogen-bond donors (Lipinski definition) is 8. The van der Waals surface area contributed by atoms with E-state index in [0.717, 1.165) is 73.7 Å². The molecule has 3 saturated heterocycles. The van der Waals surface area contributed by atoms with Gasteiger partial charge in [0.25, 0.3) is 5.56 Å². The number of carboxylic acids is 2. The number of carboxylic acid groups (broad SMARTS) is 2. The maximum Gasteiger partial charge on any atom is 0.330 e. The van der Waals surface area contributed by atoms with Gasteiger partial charge >= 0.3 is 29.6 Å². The number of rotatable bonds is 24. The number of nitrogens with two attached hydrogens (primary N) is 1. The first-order valence-electron chi connectivity index (χ1n) is 21.9. The van der Waals surface area contributed by atoms with Crippen molar-refractivity contribution in [2.24, 2.45) is 11.7 Å². The second kappa shape index (κ2) is 24.8. The monoisotopic (exact) mass is 927 g/mol. The molecule has 23 heteroatoms. The number of unbranched alkanes of at least 4 members (excludes halogenated alkanes) is 6. The van der Waals surface area contributed by atoms with E-state index in [1.165, 1.54) is 11.9 Å². The van der Waals surface area contributed by atoms with Crippen LogP contribution in [0, 0.1) is 5.92 Å². The zero-order chi connectivity index (χ0) is 48.1. The Bertz CT molecular complexity index is 1910. The molecule has 0 aliphatic carbocycles. The normalized spacial score (nSPS) is 30.0. The first-order valence-corrected chi connectivity index (χ1v) is 21.9. The maximum atomic E-state index is 14.5. The van der Waals surface area contributed by atoms with Crippen molar-refractivity contribution in [1.82, 2.24) is 19.4 Å². The van der Waals surface area contributed by atoms with Crippen molar-refractivity contribution >= 4 is 29.8 Å². The van der Waals surface area contributed by atoms with E-state index in [-0.39, 0.29) is 25.8 Å². The lowest BCUT2D eigenvalue weighted by atomic mass is 9.97. The van der Waals surface area contributed by atoms with E-state index in [1.807, 2.05) is 11.1 Å². The Kier molecular flexibility index (Phi) is 20.2. The van der Waals surface area contributed by atoms with Gasteiger partial charge in [-0.05, 0) is 25.8 Å². The molecule has 0 aromatic carbocycles. The summed E-state index contributed by atoms with van der Waals surface area (Å²) in [5.74, 6) is -6.03. The number of esters is 2. The second-order valence-electron chi connectivity index (χ2n) is 17.0. The zero-order valence-electron chi connectivity index (χ0n) is 37.1. The van der Waals surface area contributed by atoms with Crippen LogP contribution in [0.2, 0.25) is 0 Å². The first kappa shape index (κ1) is 53.0. The standard InChI is InChI=1S/C42H65N5O18/c1-5-6-7-8-9-10-11-12-13-14-23(61-28(51)18-22(2)17-27(49)50)19-29(52)62-25-21-45(3)31(38(57)46(4)30(25)40(58)59)36(65-41-35(56)32(53)24(20-43)63-41)37-33(54)34(55)39(64-37)47-16-15-26(48)44-42(47)60/h12-13,15-16,22-25,30-37,39,41,53-56H,5-11,14,17-21,43H2,1-4H3,(H,49,50)(H,58,59)(H,44,48,60)/b13-12-/t22-,23+,24-,25+,30+,31-,32-,33+,34-,35-,36+,37+,39-,41+/m1/s1. The van der Waals surface area contributed by atoms with Crippen molar-refractivity contribution in [2.75, 3.05) is 27.2 Å². The molecule has 1 amide bonds. The highest BCUT2D eigenvalue weighted by Gasteiger charge is 2.57. The number of H-pyrrole nitrogens is 1. The molecule has 3 fully saturated rings. The van der Waals surface area contributed by atoms with Crippen LogP contribution in [0.25, 0.3) is 0 Å². The van der Waals surface area contributed by atoms with E-state index in [0.29, 0.717) is 0 Å². The van der Waals surface area contributed by atoms with Gasteiger partial charge in [-0.3, -0.25) is 38.4 Å². The van der Waals surface area contributed by atoms with Crippen LogP contribution in [0.1, 0.15) is 90.7 Å². The average molecular weight is 928 g/mol. The molecule has 3 aliphatic rings. The number of carbonyl (C=O) groups excluding carboxylic acids is 3. The molecule has 3 aliphatic heterocycles. The lowest BCUT2D eigenvalue weighted by molar-refractivity contribution is -0.233. The third-order valence-corrected chi connectivity index (χ3v) is 11.7. The van der Waals surface area contributed by atoms with Crippen LogP contribution in [-0.4, -0.2) is 180 Å². The van der Waals surface area contributed by atoms with Crippen LogP contribution in [0.5, 0.6) is 0 Å². The highest BCUT2D eigenvalue weighted by molar-refractivity contribution is 5.88. The summed E-state index contributed by atoms with van der Waals surface area (Å²) in [7, 11) is 2.45. The smallest absolute Gasteiger partial charge is 0.330 e. The largest absolute Gasteiger partial charge is 0.481 e. The molecule has 366 valence electrons. The highest BCUT2D eigenvalue weighted by Crippen LogP contribution is 2.36. The zero-order valence-corrected chi connectivity index (χ0v) is 37.1. The highest BCUT2D eigenvalue weighted by atomic mass is 16.7. The van der Waals surface area contributed by atoms with Crippen molar-refractivity contribution in [2.45, 2.75) is 164 Å². The van der Waals surface area contributed by atoms with E-state index >= 15 is 0 Å². The predicted molar refractivity (Wildman–Crippen MR) is 225 cm³/mol. The number of nitrogens with zero attached hydrogens (tertiary/aromatic N) is 3. The Balaban J connectivity index is 1.61. The van der Waals surface area contributed by atoms with E-state index in [2.05, 4.69) is 6.92 Å². The number of allylic oxidation sites excluding steroid dienone is 1. The minimum atomic E-state index is -1.96. The SMILES string of the molecule is CCCCCCCC/C=C\C[C@@H](CC(=O)O[C@H]1CN(C)[C@H]([C@H](O[C@@H]2O[C@H](CN)[C@@H](O)[C@H]2O)[C@H]2O[C@@H](n3ccc(=O)[nH]c3=O)[C@H](O)[C@@H]2O)C(=O)N(C)[C@@H]1C(=O)O)OC(=O)C[C@H](C)CC(=O)O. The van der Waals surface area contributed by atoms with Gasteiger partial charge < -0.3 is 65.0 Å². The lowest BCUT2D eigenvalue weighted by Crippen LogP contribution is -2.59. The third kappa shape index (κ3) is 14.2. The molecule has 0 saturated carbocycles. The topological polar surface area (TPSA) is 340 Å². The molecule has 0 radical (unpaired) electrons. The van der Waals surface area contributed by atoms with E-state index in [1.54, 1.807) is 13.0 Å². The molecule has 0 unspecified atom stereocenters. The third-order valence-electron chi connectivity index (χ3n) is 11.7. The molecule has 65 heavy (non-hydrogen) atoms. The molecule has 1 aromatic heterocycles. The molecule has 0 spiro atoms. The van der Waals surface area contributed by atoms with Gasteiger partial charge in [-0.15, -0.1) is 0 Å². The van der Waals surface area contributed by atoms with Crippen molar-refractivity contribution in [3.63, 3.8) is 0 Å². The molecule has 14 atom stereocenters. The Morgan fingerprint density at radius 3 is 2.23 bits per heavy atom. The molecule has 4 heterocycles. The predicted octanol–water partition coefficient (Wildman–Crippen LogP) is -1.42. The molecule has 4 rings (SSSR count). The second-order valence-corrected chi connectivity index (χ2v) is 17.0. The number of aromatic amines is 1. The number of aliphatic hydroxyl groups excluding tert-OH is 4. The van der Waals surface area contributed by atoms with E-state index in [4.69, 9.17) is 34.5 Å². The molecule has 1 aromatic rings. The fourth-order valence-electron chi connectivity index (χ4n) is 8.29. The Hall–Kier alpha value is -4.59. The van der Waals surface area contributed by atoms with Gasteiger partial charge in [0, 0.05) is 51.7 Å². The van der Waals surface area contributed by atoms with Crippen LogP contribution in [0.15, 0.2) is 34.0 Å². The number of nitrogens with one attached hydrogen (secondary N) is 1. The van der Waals surface area contributed by atoms with Gasteiger partial charge in [0.2, 0.25) is 5.91 Å². The number of ether oxygens (including phenoxy) is 5. The summed E-state index contributed by atoms with van der Waals surface area (Å²) < 4.78 is 29.9. The van der Waals surface area contributed by atoms with Gasteiger partial charge in [-0.1, -0.05) is 58.1 Å². The molecular weight excluding hydrogens is 862 g/mol. The fraction of sp³-hybridized carbons (Fsp3) is 0.738. The summed E-state index contributed by atoms with van der Waals surface area (Å²) in [6.45, 7) is 2.91. The van der Waals surface area contributed by atoms with Crippen LogP contribution in [0.3, 0.4) is 0 Å². The number of hydrogen-bond acceptors (Lipinski definition) is 18. The first-order chi connectivity index (χ1) is 30.8. The molecular formula is C42H65N5O18. The van der Waals surface area contributed by atoms with Gasteiger partial charge in [0.1, 0.15) is 61.0 Å². The minimum absolute atomic E-state index is 0.0763. The summed E-state index contributed by atoms with van der Waals surface area (Å²) in [6.07, 6.45) is -7.20. The van der Waals surface area contributed by atoms with Crippen molar-refractivity contribution in [3.05, 3.63) is 45.3 Å². The Labute approximate surface area is 375 Å². The Morgan fingerprint density at radius 2 is 1.60 bits per heavy atom. The van der Waals surface area contributed by atoms with Gasteiger partial charge in [0.15, 0.2) is 18.6 Å². The van der Waals surface area contributed by atoms with Gasteiger partial charge in [-0.25, -0.2) is 9.59 Å². The van der Waals surface area contributed by atoms with Crippen molar-refractivity contribution in [3.8, 4) is 0 Å². The molecule has 9 N–H and O–H groups in total. The number of aliphatic hydroxyl groups is 4. The summed E-state index contributed by atoms with van der Waals surface area (Å²) in [4.78, 5) is 93.8. The minimum Gasteiger partial charge on any atom is -0.481 e. The lowest BCUT2D eigenvalue weighted by Gasteiger charge is -2.38. The van der Waals surface area contributed by atoms with Crippen molar-refractivity contribution in [1.29, 1.82) is 0 Å². The number of aromatic nitrogens is 2. The quantitative estimate of drug-likeness (QED) is 0.0335. The fourth-order valence-corrected chi connectivity index (χ4v) is 8.29. The number of carbonyl (C=O) groups is 5. The van der Waals surface area contributed by atoms with Gasteiger partial charge in [0.05, 0.1) is 6.42 Å². The summed E-state index contributed by atoms with van der Waals surface area (Å²) in [5.41, 5.74) is 3.90. The van der Waals surface area contributed by atoms with Crippen LogP contribution in [-0.2, 0) is 47.7 Å². The average Bonchev–Trinajstić information content (AvgIpc) is 3.64. The van der Waals surface area contributed by atoms with Gasteiger partial charge in [-0.2, -0.15) is 0 Å². The van der Waals surface area contributed by atoms with Crippen LogP contribution < -0.4 is 17.0 Å². The van der Waals surface area contributed by atoms with E-state index in [9.17, 15) is 59.1 Å². The van der Waals surface area contributed by atoms with Crippen molar-refractivity contribution < 1.29 is 78.3 Å². The number of likely N-dealkylation sites (N-methyl/N-ethyl adjacent to an activating group) is 2. The van der Waals surface area contributed by atoms with Crippen LogP contribution in [0.4, 0.5) is 0 Å². The number of aliphatic carboxylic acids is 2. The van der Waals surface area contributed by atoms with Crippen LogP contribution >= 0.6 is 0 Å². The number of amides is 1. The molecule has 23 nitrogen and oxygen atoms in total. The summed E-state index contributed by atoms with van der Waals surface area (Å²) >= 11 is 0. The molecule has 0 bridgehead atoms. The Morgan fingerprint density at radius 1 is 0.908 bits per heavy atom. The van der Waals surface area contributed by atoms with E-state index < -0.39 is 139 Å².